The molecule has 0 aliphatic rings. The normalized spacial score (nSPS) is 12.7. The van der Waals surface area contributed by atoms with Gasteiger partial charge in [0.2, 0.25) is 0 Å². The van der Waals surface area contributed by atoms with Crippen LogP contribution in [0.4, 0.5) is 0 Å². The second kappa shape index (κ2) is 26.3. The van der Waals surface area contributed by atoms with Crippen molar-refractivity contribution >= 4 is 0 Å². The number of rotatable bonds is 26. The van der Waals surface area contributed by atoms with Crippen LogP contribution in [-0.4, -0.2) is 0 Å². The summed E-state index contributed by atoms with van der Waals surface area (Å²) < 4.78 is 0. The van der Waals surface area contributed by atoms with Crippen LogP contribution in [-0.2, 0) is 0 Å². The maximum absolute atomic E-state index is 2.42. The van der Waals surface area contributed by atoms with E-state index in [-0.39, 0.29) is 0 Å². The lowest BCUT2D eigenvalue weighted by molar-refractivity contribution is 0.374. The summed E-state index contributed by atoms with van der Waals surface area (Å²) in [7, 11) is 0. The van der Waals surface area contributed by atoms with Crippen LogP contribution in [0.3, 0.4) is 0 Å². The number of hydrogen-bond donors (Lipinski definition) is 0. The monoisotopic (exact) mass is 437 g/mol. The smallest absolute Gasteiger partial charge is 0.0420 e. The summed E-state index contributed by atoms with van der Waals surface area (Å²) in [6, 6.07) is 0. The molecule has 0 heterocycles. The van der Waals surface area contributed by atoms with Gasteiger partial charge in [0.25, 0.3) is 0 Å². The Bertz CT molecular complexity index is 305. The third-order valence-corrected chi connectivity index (χ3v) is 7.65. The molecule has 0 aromatic carbocycles. The van der Waals surface area contributed by atoms with Crippen molar-refractivity contribution in [3.63, 3.8) is 0 Å². The average Bonchev–Trinajstić information content (AvgIpc) is 2.76. The van der Waals surface area contributed by atoms with E-state index in [2.05, 4.69) is 27.7 Å². The molecule has 188 valence electrons. The summed E-state index contributed by atoms with van der Waals surface area (Å²) in [6.45, 7) is 9.46. The Morgan fingerprint density at radius 1 is 0.323 bits per heavy atom. The molecule has 0 amide bonds. The Balaban J connectivity index is 3.04. The Hall–Kier alpha value is 0. The van der Waals surface area contributed by atoms with Gasteiger partial charge in [-0.3, -0.25) is 0 Å². The minimum absolute atomic E-state index is 0.865. The molecule has 0 aromatic rings. The molecule has 1 unspecified atom stereocenters. The van der Waals surface area contributed by atoms with Gasteiger partial charge in [-0.15, -0.1) is 0 Å². The molecule has 0 radical (unpaired) electrons. The van der Waals surface area contributed by atoms with Gasteiger partial charge in [0.15, 0.2) is 0 Å². The molecule has 0 saturated carbocycles. The SMILES string of the molecule is CCCCCCCCCCCCCCCCCCCCCCCCCCC(C)C(C)C. The zero-order valence-electron chi connectivity index (χ0n) is 22.8. The van der Waals surface area contributed by atoms with Gasteiger partial charge in [-0.2, -0.15) is 0 Å². The maximum Gasteiger partial charge on any atom is -0.0420 e. The quantitative estimate of drug-likeness (QED) is 0.118. The van der Waals surface area contributed by atoms with Crippen LogP contribution in [0.1, 0.15) is 188 Å². The van der Waals surface area contributed by atoms with Crippen LogP contribution in [0.25, 0.3) is 0 Å². The first-order chi connectivity index (χ1) is 15.2. The van der Waals surface area contributed by atoms with E-state index in [9.17, 15) is 0 Å². The van der Waals surface area contributed by atoms with Crippen molar-refractivity contribution in [3.05, 3.63) is 0 Å². The molecule has 0 fully saturated rings. The van der Waals surface area contributed by atoms with E-state index in [0.717, 1.165) is 11.8 Å². The molecule has 0 heteroatoms. The molecule has 0 saturated heterocycles. The third kappa shape index (κ3) is 26.1. The average molecular weight is 437 g/mol. The summed E-state index contributed by atoms with van der Waals surface area (Å²) in [5.41, 5.74) is 0. The van der Waals surface area contributed by atoms with Crippen molar-refractivity contribution < 1.29 is 0 Å². The summed E-state index contributed by atoms with van der Waals surface area (Å²) in [4.78, 5) is 0. The molecule has 0 spiro atoms. The highest BCUT2D eigenvalue weighted by atomic mass is 14.1. The second-order valence-corrected chi connectivity index (χ2v) is 11.1. The summed E-state index contributed by atoms with van der Waals surface area (Å²) in [5.74, 6) is 1.78. The van der Waals surface area contributed by atoms with E-state index < -0.39 is 0 Å². The zero-order chi connectivity index (χ0) is 22.8. The topological polar surface area (TPSA) is 0 Å². The van der Waals surface area contributed by atoms with E-state index in [4.69, 9.17) is 0 Å². The van der Waals surface area contributed by atoms with Crippen molar-refractivity contribution in [2.45, 2.75) is 188 Å². The minimum Gasteiger partial charge on any atom is -0.0654 e. The Morgan fingerprint density at radius 3 is 0.774 bits per heavy atom. The molecule has 0 aromatic heterocycles. The van der Waals surface area contributed by atoms with Crippen LogP contribution in [0.15, 0.2) is 0 Å². The Labute approximate surface area is 200 Å². The lowest BCUT2D eigenvalue weighted by Gasteiger charge is -2.14. The summed E-state index contributed by atoms with van der Waals surface area (Å²) >= 11 is 0. The van der Waals surface area contributed by atoms with E-state index >= 15 is 0 Å². The molecular weight excluding hydrogens is 372 g/mol. The van der Waals surface area contributed by atoms with Gasteiger partial charge in [-0.25, -0.2) is 0 Å². The van der Waals surface area contributed by atoms with E-state index in [0.29, 0.717) is 0 Å². The van der Waals surface area contributed by atoms with Crippen LogP contribution < -0.4 is 0 Å². The lowest BCUT2D eigenvalue weighted by Crippen LogP contribution is -2.03. The van der Waals surface area contributed by atoms with Crippen LogP contribution in [0.5, 0.6) is 0 Å². The van der Waals surface area contributed by atoms with Gasteiger partial charge in [-0.05, 0) is 11.8 Å². The lowest BCUT2D eigenvalue weighted by atomic mass is 9.92. The zero-order valence-corrected chi connectivity index (χ0v) is 22.8. The molecule has 0 bridgehead atoms. The van der Waals surface area contributed by atoms with Gasteiger partial charge in [0.1, 0.15) is 0 Å². The second-order valence-electron chi connectivity index (χ2n) is 11.1. The summed E-state index contributed by atoms with van der Waals surface area (Å²) in [5, 5.41) is 0. The first-order valence-corrected chi connectivity index (χ1v) is 15.2. The highest BCUT2D eigenvalue weighted by Crippen LogP contribution is 2.19. The fraction of sp³-hybridized carbons (Fsp3) is 1.00. The Morgan fingerprint density at radius 2 is 0.548 bits per heavy atom. The molecule has 1 atom stereocenters. The Kier molecular flexibility index (Phi) is 26.3. The molecular formula is C31H64. The minimum atomic E-state index is 0.865. The maximum atomic E-state index is 2.42. The first-order valence-electron chi connectivity index (χ1n) is 15.2. The van der Waals surface area contributed by atoms with E-state index in [1.165, 1.54) is 161 Å². The van der Waals surface area contributed by atoms with Gasteiger partial charge in [0, 0.05) is 0 Å². The highest BCUT2D eigenvalue weighted by Gasteiger charge is 2.05. The van der Waals surface area contributed by atoms with Crippen molar-refractivity contribution in [2.24, 2.45) is 11.8 Å². The van der Waals surface area contributed by atoms with Crippen molar-refractivity contribution in [1.29, 1.82) is 0 Å². The molecule has 0 N–H and O–H groups in total. The van der Waals surface area contributed by atoms with E-state index in [1.54, 1.807) is 0 Å². The van der Waals surface area contributed by atoms with Gasteiger partial charge < -0.3 is 0 Å². The van der Waals surface area contributed by atoms with Gasteiger partial charge in [0.05, 0.1) is 0 Å². The van der Waals surface area contributed by atoms with Gasteiger partial charge in [-0.1, -0.05) is 188 Å². The number of hydrogen-bond acceptors (Lipinski definition) is 0. The first kappa shape index (κ1) is 31.0. The van der Waals surface area contributed by atoms with Crippen LogP contribution >= 0.6 is 0 Å². The largest absolute Gasteiger partial charge is 0.0654 e. The third-order valence-electron chi connectivity index (χ3n) is 7.65. The summed E-state index contributed by atoms with van der Waals surface area (Å²) in [6.07, 6.45) is 36.9. The van der Waals surface area contributed by atoms with E-state index in [1.807, 2.05) is 0 Å². The molecule has 0 nitrogen and oxygen atoms in total. The number of unbranched alkanes of at least 4 members (excludes halogenated alkanes) is 23. The molecule has 0 aliphatic carbocycles. The van der Waals surface area contributed by atoms with Crippen molar-refractivity contribution in [1.82, 2.24) is 0 Å². The van der Waals surface area contributed by atoms with Gasteiger partial charge >= 0.3 is 0 Å². The standard InChI is InChI=1S/C31H64/c1-5-6-7-8-9-10-11-12-13-14-15-16-17-18-19-20-21-22-23-24-25-26-27-28-29-31(4)30(2)3/h30-31H,5-29H2,1-4H3. The van der Waals surface area contributed by atoms with Crippen molar-refractivity contribution in [3.8, 4) is 0 Å². The predicted octanol–water partition coefficient (Wildman–Crippen LogP) is 12.1. The molecule has 0 aliphatic heterocycles. The predicted molar refractivity (Wildman–Crippen MR) is 145 cm³/mol. The fourth-order valence-corrected chi connectivity index (χ4v) is 4.76. The van der Waals surface area contributed by atoms with Crippen LogP contribution in [0.2, 0.25) is 0 Å². The highest BCUT2D eigenvalue weighted by molar-refractivity contribution is 4.57. The molecule has 31 heavy (non-hydrogen) atoms. The van der Waals surface area contributed by atoms with Crippen LogP contribution in [0, 0.1) is 11.8 Å². The van der Waals surface area contributed by atoms with Crippen molar-refractivity contribution in [2.75, 3.05) is 0 Å². The molecule has 0 rings (SSSR count). The fourth-order valence-electron chi connectivity index (χ4n) is 4.76.